The average molecular weight is 467 g/mol. The fourth-order valence-electron chi connectivity index (χ4n) is 3.46. The molecule has 0 aliphatic rings. The minimum absolute atomic E-state index is 0.0739. The van der Waals surface area contributed by atoms with Gasteiger partial charge in [0, 0.05) is 5.56 Å². The number of anilines is 1. The van der Waals surface area contributed by atoms with Crippen LogP contribution in [0.3, 0.4) is 0 Å². The highest BCUT2D eigenvalue weighted by Gasteiger charge is 2.21. The van der Waals surface area contributed by atoms with E-state index in [1.807, 2.05) is 64.1 Å². The number of rotatable bonds is 8. The highest BCUT2D eigenvalue weighted by Crippen LogP contribution is 2.24. The zero-order valence-corrected chi connectivity index (χ0v) is 20.4. The van der Waals surface area contributed by atoms with Gasteiger partial charge >= 0.3 is 0 Å². The van der Waals surface area contributed by atoms with Gasteiger partial charge in [-0.2, -0.15) is 0 Å². The number of carbonyl (C=O) groups excluding carboxylic acids is 1. The van der Waals surface area contributed by atoms with Crippen LogP contribution in [0.25, 0.3) is 0 Å². The Hall–Kier alpha value is -3.32. The lowest BCUT2D eigenvalue weighted by Gasteiger charge is -2.17. The van der Waals surface area contributed by atoms with Crippen LogP contribution in [0.2, 0.25) is 0 Å². The minimum atomic E-state index is -3.87. The Morgan fingerprint density at radius 1 is 0.939 bits per heavy atom. The smallest absolute Gasteiger partial charge is 0.262 e. The van der Waals surface area contributed by atoms with Crippen LogP contribution in [0.15, 0.2) is 65.6 Å². The molecule has 3 aromatic carbocycles. The van der Waals surface area contributed by atoms with Gasteiger partial charge in [0.15, 0.2) is 0 Å². The maximum Gasteiger partial charge on any atom is 0.262 e. The summed E-state index contributed by atoms with van der Waals surface area (Å²) < 4.78 is 34.4. The Morgan fingerprint density at radius 2 is 1.61 bits per heavy atom. The van der Waals surface area contributed by atoms with E-state index in [0.717, 1.165) is 22.4 Å². The topological polar surface area (TPSA) is 84.5 Å². The van der Waals surface area contributed by atoms with Gasteiger partial charge in [-0.25, -0.2) is 8.42 Å². The summed E-state index contributed by atoms with van der Waals surface area (Å²) in [5.74, 6) is 0.420. The number of carbonyl (C=O) groups is 1. The second-order valence-corrected chi connectivity index (χ2v) is 9.75. The number of sulfonamides is 1. The molecular formula is C26H30N2O4S. The fraction of sp³-hybridized carbons (Fsp3) is 0.269. The number of benzene rings is 3. The third kappa shape index (κ3) is 5.93. The molecule has 0 aliphatic heterocycles. The first-order valence-corrected chi connectivity index (χ1v) is 12.3. The predicted octanol–water partition coefficient (Wildman–Crippen LogP) is 5.30. The lowest BCUT2D eigenvalue weighted by Crippen LogP contribution is -2.27. The molecule has 0 unspecified atom stereocenters. The van der Waals surface area contributed by atoms with Crippen molar-refractivity contribution in [3.63, 3.8) is 0 Å². The molecule has 0 heterocycles. The molecule has 0 saturated heterocycles. The van der Waals surface area contributed by atoms with Gasteiger partial charge < -0.3 is 10.1 Å². The van der Waals surface area contributed by atoms with Gasteiger partial charge in [-0.3, -0.25) is 9.52 Å². The molecule has 0 spiro atoms. The van der Waals surface area contributed by atoms with E-state index in [0.29, 0.717) is 17.9 Å². The van der Waals surface area contributed by atoms with Crippen molar-refractivity contribution in [3.05, 3.63) is 88.5 Å². The van der Waals surface area contributed by atoms with E-state index in [1.54, 1.807) is 25.1 Å². The SMILES string of the molecule is CCOc1ccc([C@H](C)NC(=O)c2ccc(C)c(S(=O)(=O)Nc3cc(C)ccc3C)c2)cc1. The molecule has 33 heavy (non-hydrogen) atoms. The Kier molecular flexibility index (Phi) is 7.43. The standard InChI is InChI=1S/C26H30N2O4S/c1-6-32-23-13-11-21(12-14-23)20(5)27-26(29)22-10-9-19(4)25(16-22)33(30,31)28-24-15-17(2)7-8-18(24)3/h7-16,20,28H,6H2,1-5H3,(H,27,29)/t20-/m0/s1. The van der Waals surface area contributed by atoms with Crippen LogP contribution in [-0.2, 0) is 10.0 Å². The summed E-state index contributed by atoms with van der Waals surface area (Å²) >= 11 is 0. The van der Waals surface area contributed by atoms with Crippen LogP contribution >= 0.6 is 0 Å². The van der Waals surface area contributed by atoms with E-state index < -0.39 is 10.0 Å². The molecule has 3 rings (SSSR count). The van der Waals surface area contributed by atoms with E-state index in [-0.39, 0.29) is 22.4 Å². The largest absolute Gasteiger partial charge is 0.494 e. The van der Waals surface area contributed by atoms with E-state index in [4.69, 9.17) is 4.74 Å². The molecule has 7 heteroatoms. The third-order valence-corrected chi connectivity index (χ3v) is 6.92. The molecule has 2 N–H and O–H groups in total. The zero-order chi connectivity index (χ0) is 24.2. The minimum Gasteiger partial charge on any atom is -0.494 e. The van der Waals surface area contributed by atoms with Crippen LogP contribution in [0, 0.1) is 20.8 Å². The Labute approximate surface area is 196 Å². The second kappa shape index (κ2) is 10.1. The highest BCUT2D eigenvalue weighted by atomic mass is 32.2. The van der Waals surface area contributed by atoms with E-state index in [9.17, 15) is 13.2 Å². The second-order valence-electron chi connectivity index (χ2n) is 8.10. The predicted molar refractivity (Wildman–Crippen MR) is 131 cm³/mol. The Morgan fingerprint density at radius 3 is 2.27 bits per heavy atom. The van der Waals surface area contributed by atoms with Gasteiger partial charge in [-0.05, 0) is 87.2 Å². The normalized spacial score (nSPS) is 12.2. The van der Waals surface area contributed by atoms with Crippen molar-refractivity contribution in [2.45, 2.75) is 45.6 Å². The number of amides is 1. The molecule has 3 aromatic rings. The van der Waals surface area contributed by atoms with Crippen LogP contribution < -0.4 is 14.8 Å². The van der Waals surface area contributed by atoms with E-state index in [1.165, 1.54) is 6.07 Å². The maximum absolute atomic E-state index is 13.1. The van der Waals surface area contributed by atoms with E-state index in [2.05, 4.69) is 10.0 Å². The van der Waals surface area contributed by atoms with Crippen molar-refractivity contribution in [2.24, 2.45) is 0 Å². The van der Waals surface area contributed by atoms with Crippen LogP contribution in [0.1, 0.15) is 52.5 Å². The van der Waals surface area contributed by atoms with Crippen molar-refractivity contribution in [3.8, 4) is 5.75 Å². The Bertz CT molecular complexity index is 1250. The van der Waals surface area contributed by atoms with Crippen molar-refractivity contribution >= 4 is 21.6 Å². The molecule has 0 bridgehead atoms. The van der Waals surface area contributed by atoms with Gasteiger partial charge in [0.1, 0.15) is 5.75 Å². The summed E-state index contributed by atoms with van der Waals surface area (Å²) in [5, 5.41) is 2.93. The first-order chi connectivity index (χ1) is 15.6. The van der Waals surface area contributed by atoms with Gasteiger partial charge in [-0.1, -0.05) is 30.3 Å². The molecule has 0 saturated carbocycles. The van der Waals surface area contributed by atoms with E-state index >= 15 is 0 Å². The number of hydrogen-bond donors (Lipinski definition) is 2. The molecule has 1 atom stereocenters. The quantitative estimate of drug-likeness (QED) is 0.472. The fourth-order valence-corrected chi connectivity index (χ4v) is 4.85. The van der Waals surface area contributed by atoms with Crippen LogP contribution in [0.5, 0.6) is 5.75 Å². The molecule has 0 aromatic heterocycles. The highest BCUT2D eigenvalue weighted by molar-refractivity contribution is 7.92. The van der Waals surface area contributed by atoms with Crippen LogP contribution in [0.4, 0.5) is 5.69 Å². The molecule has 0 fully saturated rings. The Balaban J connectivity index is 1.81. The van der Waals surface area contributed by atoms with Crippen LogP contribution in [-0.4, -0.2) is 20.9 Å². The number of hydrogen-bond acceptors (Lipinski definition) is 4. The first-order valence-electron chi connectivity index (χ1n) is 10.8. The summed E-state index contributed by atoms with van der Waals surface area (Å²) in [6.07, 6.45) is 0. The molecule has 174 valence electrons. The lowest BCUT2D eigenvalue weighted by atomic mass is 10.1. The number of nitrogens with one attached hydrogen (secondary N) is 2. The van der Waals surface area contributed by atoms with Gasteiger partial charge in [0.05, 0.1) is 23.2 Å². The first kappa shape index (κ1) is 24.3. The summed E-state index contributed by atoms with van der Waals surface area (Å²) in [7, 11) is -3.87. The molecule has 0 radical (unpaired) electrons. The van der Waals surface area contributed by atoms with Crippen molar-refractivity contribution in [2.75, 3.05) is 11.3 Å². The summed E-state index contributed by atoms with van der Waals surface area (Å²) in [5.41, 5.74) is 4.05. The summed E-state index contributed by atoms with van der Waals surface area (Å²) in [4.78, 5) is 13.0. The summed E-state index contributed by atoms with van der Waals surface area (Å²) in [6.45, 7) is 9.84. The number of aryl methyl sites for hydroxylation is 3. The average Bonchev–Trinajstić information content (AvgIpc) is 2.77. The molecule has 6 nitrogen and oxygen atoms in total. The lowest BCUT2D eigenvalue weighted by molar-refractivity contribution is 0.0939. The third-order valence-electron chi connectivity index (χ3n) is 5.42. The van der Waals surface area contributed by atoms with Gasteiger partial charge in [0.2, 0.25) is 0 Å². The molecular weight excluding hydrogens is 436 g/mol. The van der Waals surface area contributed by atoms with Gasteiger partial charge in [-0.15, -0.1) is 0 Å². The molecule has 1 amide bonds. The maximum atomic E-state index is 13.1. The van der Waals surface area contributed by atoms with Crippen molar-refractivity contribution < 1.29 is 17.9 Å². The van der Waals surface area contributed by atoms with Crippen molar-refractivity contribution in [1.29, 1.82) is 0 Å². The summed E-state index contributed by atoms with van der Waals surface area (Å²) in [6, 6.07) is 17.5. The van der Waals surface area contributed by atoms with Crippen molar-refractivity contribution in [1.82, 2.24) is 5.32 Å². The monoisotopic (exact) mass is 466 g/mol. The zero-order valence-electron chi connectivity index (χ0n) is 19.6. The molecule has 0 aliphatic carbocycles. The van der Waals surface area contributed by atoms with Gasteiger partial charge in [0.25, 0.3) is 15.9 Å². The number of ether oxygens (including phenoxy) is 1.